The van der Waals surface area contributed by atoms with Gasteiger partial charge in [0.15, 0.2) is 5.56 Å². The van der Waals surface area contributed by atoms with Gasteiger partial charge in [-0.15, -0.1) is 0 Å². The van der Waals surface area contributed by atoms with Crippen LogP contribution < -0.4 is 26.9 Å². The Morgan fingerprint density at radius 2 is 1.95 bits per heavy atom. The first-order chi connectivity index (χ1) is 21.4. The number of aromatic amines is 1. The van der Waals surface area contributed by atoms with Crippen molar-refractivity contribution in [3.8, 4) is 17.5 Å². The topological polar surface area (TPSA) is 142 Å². The molecule has 2 aromatic carbocycles. The Hall–Kier alpha value is -5.53. The summed E-state index contributed by atoms with van der Waals surface area (Å²) >= 11 is 0. The molecule has 1 fully saturated rings. The number of amides is 2. The summed E-state index contributed by atoms with van der Waals surface area (Å²) in [5.41, 5.74) is 8.36. The summed E-state index contributed by atoms with van der Waals surface area (Å²) < 4.78 is 7.01. The number of fused-ring (bicyclic) bond motifs is 2. The van der Waals surface area contributed by atoms with Crippen molar-refractivity contribution in [2.75, 3.05) is 18.9 Å². The molecule has 1 aliphatic rings. The van der Waals surface area contributed by atoms with Crippen molar-refractivity contribution in [2.45, 2.75) is 31.9 Å². The van der Waals surface area contributed by atoms with Gasteiger partial charge in [-0.3, -0.25) is 29.7 Å². The molecule has 44 heavy (non-hydrogen) atoms. The summed E-state index contributed by atoms with van der Waals surface area (Å²) in [5, 5.41) is 7.66. The van der Waals surface area contributed by atoms with E-state index in [4.69, 9.17) is 10.5 Å². The van der Waals surface area contributed by atoms with E-state index in [-0.39, 0.29) is 29.4 Å². The molecular formula is C34H31N6O4+. The molecule has 0 radical (unpaired) electrons. The van der Waals surface area contributed by atoms with Gasteiger partial charge in [0.1, 0.15) is 6.10 Å². The summed E-state index contributed by atoms with van der Waals surface area (Å²) in [6, 6.07) is 19.6. The zero-order chi connectivity index (χ0) is 30.6. The molecule has 0 aliphatic carbocycles. The Kier molecular flexibility index (Phi) is 8.04. The number of nitrogens with two attached hydrogens (primary N) is 1. The van der Waals surface area contributed by atoms with Gasteiger partial charge in [-0.1, -0.05) is 42.2 Å². The number of rotatable bonds is 6. The zero-order valence-corrected chi connectivity index (χ0v) is 24.1. The summed E-state index contributed by atoms with van der Waals surface area (Å²) in [6.07, 6.45) is 4.45. The Balaban J connectivity index is 1.37. The Morgan fingerprint density at radius 3 is 2.75 bits per heavy atom. The fraction of sp³-hybridized carbons (Fsp3) is 0.206. The van der Waals surface area contributed by atoms with E-state index >= 15 is 0 Å². The van der Waals surface area contributed by atoms with Gasteiger partial charge in [-0.2, -0.15) is 0 Å². The van der Waals surface area contributed by atoms with Gasteiger partial charge < -0.3 is 15.4 Å². The van der Waals surface area contributed by atoms with E-state index < -0.39 is 18.1 Å². The van der Waals surface area contributed by atoms with Crippen LogP contribution in [0, 0.1) is 11.8 Å². The Morgan fingerprint density at radius 1 is 1.14 bits per heavy atom. The van der Waals surface area contributed by atoms with Crippen LogP contribution in [0.1, 0.15) is 47.4 Å². The van der Waals surface area contributed by atoms with Crippen molar-refractivity contribution in [3.63, 3.8) is 0 Å². The van der Waals surface area contributed by atoms with Crippen LogP contribution in [0.15, 0.2) is 83.9 Å². The molecule has 0 spiro atoms. The number of para-hydroxylation sites is 1. The molecule has 1 aliphatic heterocycles. The van der Waals surface area contributed by atoms with Crippen LogP contribution in [0.4, 0.5) is 5.82 Å². The molecule has 2 atom stereocenters. The Bertz CT molecular complexity index is 2010. The number of ether oxygens (including phenoxy) is 1. The van der Waals surface area contributed by atoms with E-state index in [0.717, 1.165) is 11.8 Å². The molecule has 10 nitrogen and oxygen atoms in total. The highest BCUT2D eigenvalue weighted by molar-refractivity contribution is 6.08. The molecule has 4 heterocycles. The van der Waals surface area contributed by atoms with Gasteiger partial charge in [0, 0.05) is 35.1 Å². The molecule has 0 bridgehead atoms. The largest absolute Gasteiger partial charge is 0.368 e. The maximum atomic E-state index is 14.2. The molecule has 5 aromatic rings. The number of carbonyl (C=O) groups excluding carboxylic acids is 2. The molecule has 1 saturated heterocycles. The first kappa shape index (κ1) is 28.6. The molecule has 2 unspecified atom stereocenters. The van der Waals surface area contributed by atoms with Gasteiger partial charge in [0.05, 0.1) is 29.7 Å². The van der Waals surface area contributed by atoms with Crippen molar-refractivity contribution in [1.82, 2.24) is 20.2 Å². The number of pyridine rings is 3. The van der Waals surface area contributed by atoms with Crippen molar-refractivity contribution in [2.24, 2.45) is 0 Å². The van der Waals surface area contributed by atoms with E-state index in [1.54, 1.807) is 29.1 Å². The number of hydrogen-bond acceptors (Lipinski definition) is 6. The lowest BCUT2D eigenvalue weighted by molar-refractivity contribution is -0.358. The number of nitrogen functional groups attached to an aromatic ring is 1. The molecule has 3 aromatic heterocycles. The van der Waals surface area contributed by atoms with Crippen molar-refractivity contribution in [1.29, 1.82) is 0 Å². The predicted octanol–water partition coefficient (Wildman–Crippen LogP) is 3.07. The van der Waals surface area contributed by atoms with Gasteiger partial charge >= 0.3 is 0 Å². The van der Waals surface area contributed by atoms with Crippen molar-refractivity contribution in [3.05, 3.63) is 106 Å². The lowest BCUT2D eigenvalue weighted by Crippen LogP contribution is -2.34. The standard InChI is InChI=1S/C34H30N6O4/c1-21(39-33(42)29-30-24(12-7-16-36-30)20-38-31(29)35)26-19-23-10-5-9-22(11-6-17-37-32(41)27-15-8-18-44-27)28(23)34(43)40(26)25-13-3-2-4-14-25/h2-5,7,9-10,12-14,16,19-21,27H,8,15,17-18H2,1H3,(H2,35,38)(H,37,41)(H,39,42)/p+1. The highest BCUT2D eigenvalue weighted by Crippen LogP contribution is 2.25. The summed E-state index contributed by atoms with van der Waals surface area (Å²) in [4.78, 5) is 47.4. The van der Waals surface area contributed by atoms with Crippen LogP contribution in [0.2, 0.25) is 0 Å². The number of anilines is 1. The number of benzene rings is 2. The lowest BCUT2D eigenvalue weighted by Gasteiger charge is -2.21. The van der Waals surface area contributed by atoms with Gasteiger partial charge in [0.2, 0.25) is 5.91 Å². The first-order valence-corrected chi connectivity index (χ1v) is 14.4. The average Bonchev–Trinajstić information content (AvgIpc) is 3.58. The molecule has 0 saturated carbocycles. The summed E-state index contributed by atoms with van der Waals surface area (Å²) in [7, 11) is 0. The third kappa shape index (κ3) is 5.61. The average molecular weight is 588 g/mol. The van der Waals surface area contributed by atoms with E-state index in [1.165, 1.54) is 0 Å². The highest BCUT2D eigenvalue weighted by atomic mass is 16.5. The number of carbonyl (C=O) groups is 2. The van der Waals surface area contributed by atoms with Crippen LogP contribution in [0.3, 0.4) is 0 Å². The smallest absolute Gasteiger partial charge is 0.285 e. The number of nitrogens with one attached hydrogen (secondary N) is 3. The van der Waals surface area contributed by atoms with Crippen LogP contribution >= 0.6 is 0 Å². The van der Waals surface area contributed by atoms with Gasteiger partial charge in [-0.25, -0.2) is 4.98 Å². The monoisotopic (exact) mass is 587 g/mol. The minimum atomic E-state index is -0.596. The van der Waals surface area contributed by atoms with Crippen molar-refractivity contribution < 1.29 is 19.3 Å². The number of nitrogens with zero attached hydrogens (tertiary/aromatic N) is 2. The van der Waals surface area contributed by atoms with E-state index in [9.17, 15) is 14.4 Å². The van der Waals surface area contributed by atoms with Crippen LogP contribution in [-0.4, -0.2) is 40.6 Å². The predicted molar refractivity (Wildman–Crippen MR) is 167 cm³/mol. The molecule has 5 N–H and O–H groups in total. The van der Waals surface area contributed by atoms with Crippen LogP contribution in [0.5, 0.6) is 0 Å². The number of aromatic nitrogens is 3. The minimum absolute atomic E-state index is 0.132. The maximum absolute atomic E-state index is 14.2. The van der Waals surface area contributed by atoms with E-state index in [0.29, 0.717) is 46.3 Å². The Labute approximate surface area is 253 Å². The minimum Gasteiger partial charge on any atom is -0.368 e. The fourth-order valence-electron chi connectivity index (χ4n) is 5.49. The lowest BCUT2D eigenvalue weighted by atomic mass is 10.0. The molecule has 2 amide bonds. The van der Waals surface area contributed by atoms with Gasteiger partial charge in [-0.05, 0) is 61.5 Å². The molecule has 220 valence electrons. The van der Waals surface area contributed by atoms with Gasteiger partial charge in [0.25, 0.3) is 17.3 Å². The van der Waals surface area contributed by atoms with Crippen LogP contribution in [-0.2, 0) is 9.53 Å². The van der Waals surface area contributed by atoms with E-state index in [1.807, 2.05) is 61.5 Å². The molecular weight excluding hydrogens is 556 g/mol. The third-order valence-corrected chi connectivity index (χ3v) is 7.63. The SMILES string of the molecule is CC(NC(=O)c1c(N)[nH+]cc2cccnc12)c1cc2cccc(C#CCNC(=O)C3CCCO3)c2c(=O)n1-c1ccccc1. The first-order valence-electron chi connectivity index (χ1n) is 14.4. The maximum Gasteiger partial charge on any atom is 0.285 e. The molecule has 10 heteroatoms. The van der Waals surface area contributed by atoms with Crippen LogP contribution in [0.25, 0.3) is 27.4 Å². The number of H-pyrrole nitrogens is 1. The van der Waals surface area contributed by atoms with Crippen molar-refractivity contribution >= 4 is 39.3 Å². The second-order valence-electron chi connectivity index (χ2n) is 10.6. The highest BCUT2D eigenvalue weighted by Gasteiger charge is 2.25. The second-order valence-corrected chi connectivity index (χ2v) is 10.6. The normalized spacial score (nSPS) is 15.0. The second kappa shape index (κ2) is 12.4. The summed E-state index contributed by atoms with van der Waals surface area (Å²) in [5.74, 6) is 5.62. The number of hydrogen-bond donors (Lipinski definition) is 3. The third-order valence-electron chi connectivity index (χ3n) is 7.63. The summed E-state index contributed by atoms with van der Waals surface area (Å²) in [6.45, 7) is 2.54. The fourth-order valence-corrected chi connectivity index (χ4v) is 5.49. The quantitative estimate of drug-likeness (QED) is 0.261. The molecule has 6 rings (SSSR count). The zero-order valence-electron chi connectivity index (χ0n) is 24.1. The van der Waals surface area contributed by atoms with E-state index in [2.05, 4.69) is 32.4 Å².